The quantitative estimate of drug-likeness (QED) is 0.594. The zero-order valence-electron chi connectivity index (χ0n) is 16.4. The summed E-state index contributed by atoms with van der Waals surface area (Å²) in [7, 11) is 0.591. The maximum Gasteiger partial charge on any atom is 0.491 e. The molecule has 2 N–H and O–H groups in total. The van der Waals surface area contributed by atoms with Gasteiger partial charge < -0.3 is 19.8 Å². The molecule has 27 heavy (non-hydrogen) atoms. The number of ether oxygens (including phenoxy) is 1. The van der Waals surface area contributed by atoms with Crippen LogP contribution in [-0.4, -0.2) is 52.2 Å². The van der Waals surface area contributed by atoms with Gasteiger partial charge in [0.05, 0.1) is 30.2 Å². The standard InChI is InChI=1S/C17H24BN3O5S/c1-10(22)27-9-11(18-25-16(2,3)17(4,5)26-18)7-12-8-20-14(19)13(21-12)15(23)24-6/h7-8H,9H2,1-6H3,(H2,19,20). The Kier molecular flexibility index (Phi) is 6.33. The first-order valence-electron chi connectivity index (χ1n) is 8.37. The zero-order chi connectivity index (χ0) is 20.4. The molecule has 0 aliphatic carbocycles. The fraction of sp³-hybridized carbons (Fsp3) is 0.529. The summed E-state index contributed by atoms with van der Waals surface area (Å²) in [4.78, 5) is 31.4. The maximum atomic E-state index is 11.8. The topological polar surface area (TPSA) is 114 Å². The van der Waals surface area contributed by atoms with Gasteiger partial charge in [-0.3, -0.25) is 4.79 Å². The molecule has 0 unspecified atom stereocenters. The Labute approximate surface area is 163 Å². The number of nitrogens with zero attached hydrogens (tertiary/aromatic N) is 2. The van der Waals surface area contributed by atoms with Crippen LogP contribution >= 0.6 is 11.8 Å². The Morgan fingerprint density at radius 2 is 1.89 bits per heavy atom. The highest BCUT2D eigenvalue weighted by atomic mass is 32.2. The third-order valence-electron chi connectivity index (χ3n) is 4.53. The number of carbonyl (C=O) groups is 2. The van der Waals surface area contributed by atoms with E-state index in [9.17, 15) is 9.59 Å². The van der Waals surface area contributed by atoms with Crippen molar-refractivity contribution in [2.45, 2.75) is 45.8 Å². The Hall–Kier alpha value is -1.91. The molecule has 0 radical (unpaired) electrons. The van der Waals surface area contributed by atoms with Crippen LogP contribution in [-0.2, 0) is 18.8 Å². The zero-order valence-corrected chi connectivity index (χ0v) is 17.2. The maximum absolute atomic E-state index is 11.8. The highest BCUT2D eigenvalue weighted by Gasteiger charge is 2.52. The van der Waals surface area contributed by atoms with E-state index in [-0.39, 0.29) is 16.6 Å². The SMILES string of the molecule is COC(=O)c1nc(C=C(CSC(C)=O)B2OC(C)(C)C(C)(C)O2)cnc1N. The molecule has 0 saturated carbocycles. The molecule has 1 aliphatic heterocycles. The van der Waals surface area contributed by atoms with Crippen molar-refractivity contribution in [3.8, 4) is 0 Å². The largest absolute Gasteiger partial charge is 0.491 e. The van der Waals surface area contributed by atoms with Crippen LogP contribution in [0.2, 0.25) is 0 Å². The van der Waals surface area contributed by atoms with Crippen molar-refractivity contribution in [2.24, 2.45) is 0 Å². The molecule has 10 heteroatoms. The summed E-state index contributed by atoms with van der Waals surface area (Å²) in [6, 6.07) is 0. The van der Waals surface area contributed by atoms with Gasteiger partial charge >= 0.3 is 13.1 Å². The van der Waals surface area contributed by atoms with E-state index in [4.69, 9.17) is 15.0 Å². The number of methoxy groups -OCH3 is 1. The highest BCUT2D eigenvalue weighted by molar-refractivity contribution is 8.13. The smallest absolute Gasteiger partial charge is 0.464 e. The predicted molar refractivity (Wildman–Crippen MR) is 105 cm³/mol. The summed E-state index contributed by atoms with van der Waals surface area (Å²) in [6.45, 7) is 9.27. The molecule has 2 heterocycles. The van der Waals surface area contributed by atoms with Gasteiger partial charge in [0.15, 0.2) is 16.6 Å². The Balaban J connectivity index is 2.40. The molecular formula is C17H24BN3O5S. The normalized spacial score (nSPS) is 18.4. The van der Waals surface area contributed by atoms with Gasteiger partial charge in [-0.2, -0.15) is 0 Å². The molecule has 0 amide bonds. The van der Waals surface area contributed by atoms with Crippen molar-refractivity contribution in [1.29, 1.82) is 0 Å². The number of rotatable bonds is 5. The summed E-state index contributed by atoms with van der Waals surface area (Å²) >= 11 is 1.13. The molecule has 0 bridgehead atoms. The Bertz CT molecular complexity index is 766. The van der Waals surface area contributed by atoms with Crippen LogP contribution in [0.25, 0.3) is 6.08 Å². The molecule has 1 aromatic rings. The number of carbonyl (C=O) groups excluding carboxylic acids is 2. The number of thioether (sulfide) groups is 1. The van der Waals surface area contributed by atoms with Gasteiger partial charge in [0.2, 0.25) is 0 Å². The van der Waals surface area contributed by atoms with Crippen LogP contribution in [0.4, 0.5) is 5.82 Å². The minimum atomic E-state index is -0.675. The van der Waals surface area contributed by atoms with Gasteiger partial charge in [-0.1, -0.05) is 11.8 Å². The second-order valence-corrected chi connectivity index (χ2v) is 8.26. The minimum absolute atomic E-state index is 0.0192. The van der Waals surface area contributed by atoms with Crippen molar-refractivity contribution < 1.29 is 23.6 Å². The summed E-state index contributed by atoms with van der Waals surface area (Å²) < 4.78 is 16.8. The second kappa shape index (κ2) is 7.99. The lowest BCUT2D eigenvalue weighted by Gasteiger charge is -2.32. The van der Waals surface area contributed by atoms with Gasteiger partial charge in [-0.15, -0.1) is 0 Å². The lowest BCUT2D eigenvalue weighted by Crippen LogP contribution is -2.41. The van der Waals surface area contributed by atoms with Crippen molar-refractivity contribution >= 4 is 41.9 Å². The van der Waals surface area contributed by atoms with Crippen molar-refractivity contribution in [2.75, 3.05) is 18.6 Å². The number of nitrogens with two attached hydrogens (primary N) is 1. The first-order chi connectivity index (χ1) is 12.5. The van der Waals surface area contributed by atoms with E-state index in [1.165, 1.54) is 20.2 Å². The third-order valence-corrected chi connectivity index (χ3v) is 5.41. The van der Waals surface area contributed by atoms with Crippen LogP contribution in [0.3, 0.4) is 0 Å². The Morgan fingerprint density at radius 3 is 2.41 bits per heavy atom. The average molecular weight is 393 g/mol. The summed E-state index contributed by atoms with van der Waals surface area (Å²) in [5.41, 5.74) is 5.66. The number of aromatic nitrogens is 2. The lowest BCUT2D eigenvalue weighted by molar-refractivity contribution is -0.109. The average Bonchev–Trinajstić information content (AvgIpc) is 2.79. The lowest BCUT2D eigenvalue weighted by atomic mass is 9.78. The van der Waals surface area contributed by atoms with Crippen molar-refractivity contribution in [3.63, 3.8) is 0 Å². The minimum Gasteiger partial charge on any atom is -0.464 e. The van der Waals surface area contributed by atoms with E-state index >= 15 is 0 Å². The molecule has 8 nitrogen and oxygen atoms in total. The summed E-state index contributed by atoms with van der Waals surface area (Å²) in [6.07, 6.45) is 3.13. The van der Waals surface area contributed by atoms with Crippen LogP contribution in [0.15, 0.2) is 11.7 Å². The molecule has 2 rings (SSSR count). The first kappa shape index (κ1) is 21.4. The third kappa shape index (κ3) is 4.88. The van der Waals surface area contributed by atoms with Crippen molar-refractivity contribution in [1.82, 2.24) is 9.97 Å². The van der Waals surface area contributed by atoms with Crippen LogP contribution < -0.4 is 5.73 Å². The molecule has 0 aromatic carbocycles. The van der Waals surface area contributed by atoms with E-state index < -0.39 is 24.3 Å². The van der Waals surface area contributed by atoms with Gasteiger partial charge in [0.1, 0.15) is 0 Å². The van der Waals surface area contributed by atoms with Crippen LogP contribution in [0.5, 0.6) is 0 Å². The van der Waals surface area contributed by atoms with Gasteiger partial charge in [-0.05, 0) is 39.2 Å². The van der Waals surface area contributed by atoms with Crippen LogP contribution in [0, 0.1) is 0 Å². The molecule has 146 valence electrons. The number of hydrogen-bond donors (Lipinski definition) is 1. The molecule has 1 aliphatic rings. The van der Waals surface area contributed by atoms with E-state index in [2.05, 4.69) is 14.7 Å². The van der Waals surface area contributed by atoms with Crippen LogP contribution in [0.1, 0.15) is 50.8 Å². The van der Waals surface area contributed by atoms with Gasteiger partial charge in [0, 0.05) is 12.7 Å². The molecule has 1 aromatic heterocycles. The highest BCUT2D eigenvalue weighted by Crippen LogP contribution is 2.39. The number of nitrogen functional groups attached to an aromatic ring is 1. The molecule has 1 saturated heterocycles. The van der Waals surface area contributed by atoms with E-state index in [0.29, 0.717) is 16.9 Å². The monoisotopic (exact) mass is 393 g/mol. The Morgan fingerprint density at radius 1 is 1.30 bits per heavy atom. The van der Waals surface area contributed by atoms with E-state index in [1.54, 1.807) is 6.08 Å². The van der Waals surface area contributed by atoms with Gasteiger partial charge in [-0.25, -0.2) is 14.8 Å². The fourth-order valence-corrected chi connectivity index (χ4v) is 2.86. The predicted octanol–water partition coefficient (Wildman–Crippen LogP) is 2.14. The number of esters is 1. The molecule has 0 atom stereocenters. The molecular weight excluding hydrogens is 369 g/mol. The van der Waals surface area contributed by atoms with Crippen molar-refractivity contribution in [3.05, 3.63) is 23.1 Å². The van der Waals surface area contributed by atoms with Gasteiger partial charge in [0.25, 0.3) is 0 Å². The summed E-state index contributed by atoms with van der Waals surface area (Å²) in [5, 5.41) is -0.0314. The fourth-order valence-electron chi connectivity index (χ4n) is 2.28. The first-order valence-corrected chi connectivity index (χ1v) is 9.35. The second-order valence-electron chi connectivity index (χ2n) is 7.11. The van der Waals surface area contributed by atoms with E-state index in [0.717, 1.165) is 11.8 Å². The number of anilines is 1. The van der Waals surface area contributed by atoms with E-state index in [1.807, 2.05) is 27.7 Å². The summed E-state index contributed by atoms with van der Waals surface area (Å²) in [5.74, 6) is -0.342. The molecule has 0 spiro atoms. The number of hydrogen-bond acceptors (Lipinski definition) is 9. The molecule has 1 fully saturated rings.